The summed E-state index contributed by atoms with van der Waals surface area (Å²) in [5, 5.41) is 0. The summed E-state index contributed by atoms with van der Waals surface area (Å²) in [6, 6.07) is 4.67. The number of allylic oxidation sites excluding steroid dienone is 2. The van der Waals surface area contributed by atoms with Crippen LogP contribution < -0.4 is 0 Å². The molecule has 0 N–H and O–H groups in total. The van der Waals surface area contributed by atoms with Gasteiger partial charge in [0.15, 0.2) is 0 Å². The zero-order valence-corrected chi connectivity index (χ0v) is 11.8. The van der Waals surface area contributed by atoms with Gasteiger partial charge in [-0.1, -0.05) is 36.3 Å². The molecule has 0 bridgehead atoms. The number of hydrogen-bond donors (Lipinski definition) is 0. The van der Waals surface area contributed by atoms with Gasteiger partial charge in [-0.15, -0.1) is 0 Å². The van der Waals surface area contributed by atoms with Crippen molar-refractivity contribution in [1.82, 2.24) is 0 Å². The summed E-state index contributed by atoms with van der Waals surface area (Å²) in [6.45, 7) is 11.4. The lowest BCUT2D eigenvalue weighted by atomic mass is 9.74. The maximum Gasteiger partial charge on any atom is -0.00933 e. The molecule has 0 nitrogen and oxygen atoms in total. The van der Waals surface area contributed by atoms with Crippen LogP contribution in [-0.4, -0.2) is 0 Å². The first-order chi connectivity index (χ1) is 7.99. The Morgan fingerprint density at radius 1 is 1.00 bits per heavy atom. The van der Waals surface area contributed by atoms with Gasteiger partial charge in [0.25, 0.3) is 0 Å². The van der Waals surface area contributed by atoms with Crippen molar-refractivity contribution in [1.29, 1.82) is 0 Å². The molecule has 1 aromatic carbocycles. The van der Waals surface area contributed by atoms with E-state index in [1.165, 1.54) is 29.5 Å². The van der Waals surface area contributed by atoms with Crippen LogP contribution >= 0.6 is 0 Å². The highest BCUT2D eigenvalue weighted by molar-refractivity contribution is 5.41. The standard InChI is InChI=1S/C17H24/c1-11-6-7-16(13(3)8-11)17-14(4)9-12(2)10-15(17)5/h6,9-10,13,16H,7-8H2,1-5H3/t13?,16-/m0/s1. The van der Waals surface area contributed by atoms with Crippen molar-refractivity contribution in [3.8, 4) is 0 Å². The molecule has 0 saturated heterocycles. The van der Waals surface area contributed by atoms with Crippen LogP contribution in [0.5, 0.6) is 0 Å². The average Bonchev–Trinajstić information content (AvgIpc) is 2.19. The summed E-state index contributed by atoms with van der Waals surface area (Å²) in [7, 11) is 0. The molecule has 2 rings (SSSR count). The lowest BCUT2D eigenvalue weighted by Crippen LogP contribution is -2.16. The molecule has 17 heavy (non-hydrogen) atoms. The van der Waals surface area contributed by atoms with Crippen molar-refractivity contribution in [3.63, 3.8) is 0 Å². The van der Waals surface area contributed by atoms with Gasteiger partial charge in [-0.2, -0.15) is 0 Å². The maximum absolute atomic E-state index is 2.43. The Bertz CT molecular complexity index is 428. The van der Waals surface area contributed by atoms with Gasteiger partial charge < -0.3 is 0 Å². The van der Waals surface area contributed by atoms with Crippen LogP contribution in [0.2, 0.25) is 0 Å². The van der Waals surface area contributed by atoms with E-state index in [1.807, 2.05) is 0 Å². The normalized spacial score (nSPS) is 24.6. The number of aryl methyl sites for hydroxylation is 3. The van der Waals surface area contributed by atoms with Crippen LogP contribution in [-0.2, 0) is 0 Å². The van der Waals surface area contributed by atoms with Crippen molar-refractivity contribution in [2.24, 2.45) is 5.92 Å². The summed E-state index contributed by atoms with van der Waals surface area (Å²) in [5.74, 6) is 1.50. The zero-order chi connectivity index (χ0) is 12.6. The van der Waals surface area contributed by atoms with E-state index in [-0.39, 0.29) is 0 Å². The number of hydrogen-bond acceptors (Lipinski definition) is 0. The summed E-state index contributed by atoms with van der Waals surface area (Å²) < 4.78 is 0. The first-order valence-corrected chi connectivity index (χ1v) is 6.72. The van der Waals surface area contributed by atoms with E-state index in [0.717, 1.165) is 11.8 Å². The van der Waals surface area contributed by atoms with Crippen LogP contribution in [0.15, 0.2) is 23.8 Å². The Hall–Kier alpha value is -1.04. The molecule has 0 heteroatoms. The van der Waals surface area contributed by atoms with Gasteiger partial charge in [-0.25, -0.2) is 0 Å². The lowest BCUT2D eigenvalue weighted by Gasteiger charge is -2.30. The quantitative estimate of drug-likeness (QED) is 0.589. The molecule has 0 radical (unpaired) electrons. The molecule has 1 unspecified atom stereocenters. The Kier molecular flexibility index (Phi) is 3.42. The van der Waals surface area contributed by atoms with Crippen LogP contribution in [0.4, 0.5) is 0 Å². The molecule has 0 fully saturated rings. The maximum atomic E-state index is 2.43. The van der Waals surface area contributed by atoms with Gasteiger partial charge in [-0.05, 0) is 69.1 Å². The van der Waals surface area contributed by atoms with Crippen molar-refractivity contribution >= 4 is 0 Å². The van der Waals surface area contributed by atoms with Crippen LogP contribution in [0.25, 0.3) is 0 Å². The molecule has 1 aliphatic rings. The van der Waals surface area contributed by atoms with Gasteiger partial charge in [0.05, 0.1) is 0 Å². The van der Waals surface area contributed by atoms with E-state index < -0.39 is 0 Å². The fraction of sp³-hybridized carbons (Fsp3) is 0.529. The van der Waals surface area contributed by atoms with Gasteiger partial charge in [-0.3, -0.25) is 0 Å². The summed E-state index contributed by atoms with van der Waals surface area (Å²) in [4.78, 5) is 0. The van der Waals surface area contributed by atoms with E-state index in [4.69, 9.17) is 0 Å². The molecular weight excluding hydrogens is 204 g/mol. The molecule has 0 amide bonds. The van der Waals surface area contributed by atoms with Crippen molar-refractivity contribution in [2.45, 2.75) is 53.4 Å². The molecule has 92 valence electrons. The fourth-order valence-corrected chi connectivity index (χ4v) is 3.47. The Labute approximate surface area is 106 Å². The third kappa shape index (κ3) is 2.46. The van der Waals surface area contributed by atoms with Gasteiger partial charge in [0, 0.05) is 0 Å². The summed E-state index contributed by atoms with van der Waals surface area (Å²) in [6.07, 6.45) is 4.92. The molecule has 0 heterocycles. The molecular formula is C17H24. The minimum Gasteiger partial charge on any atom is -0.0850 e. The Morgan fingerprint density at radius 3 is 2.12 bits per heavy atom. The molecule has 1 aliphatic carbocycles. The van der Waals surface area contributed by atoms with Crippen LogP contribution in [0.1, 0.15) is 54.9 Å². The molecule has 2 atom stereocenters. The Balaban J connectivity index is 2.41. The smallest absolute Gasteiger partial charge is 0.00933 e. The predicted molar refractivity (Wildman–Crippen MR) is 75.5 cm³/mol. The minimum absolute atomic E-state index is 0.722. The number of benzene rings is 1. The van der Waals surface area contributed by atoms with Crippen molar-refractivity contribution in [3.05, 3.63) is 46.0 Å². The highest BCUT2D eigenvalue weighted by atomic mass is 14.3. The third-order valence-corrected chi connectivity index (χ3v) is 4.16. The monoisotopic (exact) mass is 228 g/mol. The minimum atomic E-state index is 0.722. The SMILES string of the molecule is CC1=CC[C@H](c2c(C)cc(C)cc2C)C(C)C1. The molecule has 1 aromatic rings. The van der Waals surface area contributed by atoms with Crippen LogP contribution in [0.3, 0.4) is 0 Å². The molecule has 0 aliphatic heterocycles. The second kappa shape index (κ2) is 4.68. The molecule has 0 saturated carbocycles. The predicted octanol–water partition coefficient (Wildman–Crippen LogP) is 5.07. The fourth-order valence-electron chi connectivity index (χ4n) is 3.47. The first-order valence-electron chi connectivity index (χ1n) is 6.72. The van der Waals surface area contributed by atoms with Gasteiger partial charge in [0.2, 0.25) is 0 Å². The van der Waals surface area contributed by atoms with E-state index in [1.54, 1.807) is 11.1 Å². The van der Waals surface area contributed by atoms with Crippen LogP contribution in [0, 0.1) is 26.7 Å². The highest BCUT2D eigenvalue weighted by Crippen LogP contribution is 2.39. The molecule has 0 spiro atoms. The summed E-state index contributed by atoms with van der Waals surface area (Å²) >= 11 is 0. The van der Waals surface area contributed by atoms with Crippen molar-refractivity contribution in [2.75, 3.05) is 0 Å². The van der Waals surface area contributed by atoms with E-state index >= 15 is 0 Å². The van der Waals surface area contributed by atoms with Gasteiger partial charge in [0.1, 0.15) is 0 Å². The topological polar surface area (TPSA) is 0 Å². The second-order valence-corrected chi connectivity index (χ2v) is 5.89. The zero-order valence-electron chi connectivity index (χ0n) is 11.8. The summed E-state index contributed by atoms with van der Waals surface area (Å²) in [5.41, 5.74) is 7.52. The lowest BCUT2D eigenvalue weighted by molar-refractivity contribution is 0.433. The second-order valence-electron chi connectivity index (χ2n) is 5.89. The van der Waals surface area contributed by atoms with E-state index in [9.17, 15) is 0 Å². The average molecular weight is 228 g/mol. The van der Waals surface area contributed by atoms with E-state index in [2.05, 4.69) is 52.8 Å². The Morgan fingerprint density at radius 2 is 1.59 bits per heavy atom. The largest absolute Gasteiger partial charge is 0.0850 e. The van der Waals surface area contributed by atoms with Gasteiger partial charge >= 0.3 is 0 Å². The number of rotatable bonds is 1. The highest BCUT2D eigenvalue weighted by Gasteiger charge is 2.24. The third-order valence-electron chi connectivity index (χ3n) is 4.16. The van der Waals surface area contributed by atoms with E-state index in [0.29, 0.717) is 0 Å². The molecule has 0 aromatic heterocycles. The van der Waals surface area contributed by atoms with Crippen molar-refractivity contribution < 1.29 is 0 Å². The first kappa shape index (κ1) is 12.4.